The predicted octanol–water partition coefficient (Wildman–Crippen LogP) is 4.65. The summed E-state index contributed by atoms with van der Waals surface area (Å²) in [7, 11) is 1.61. The van der Waals surface area contributed by atoms with Crippen LogP contribution in [0.1, 0.15) is 65.7 Å². The van der Waals surface area contributed by atoms with Gasteiger partial charge in [0.05, 0.1) is 12.5 Å². The van der Waals surface area contributed by atoms with Crippen molar-refractivity contribution in [3.8, 4) is 0 Å². The van der Waals surface area contributed by atoms with Gasteiger partial charge in [-0.15, -0.1) is 0 Å². The van der Waals surface area contributed by atoms with E-state index in [0.717, 1.165) is 56.1 Å². The van der Waals surface area contributed by atoms with Crippen molar-refractivity contribution in [1.29, 1.82) is 0 Å². The van der Waals surface area contributed by atoms with Gasteiger partial charge in [-0.05, 0) is 82.8 Å². The van der Waals surface area contributed by atoms with Gasteiger partial charge in [0.25, 0.3) is 0 Å². The molecule has 4 nitrogen and oxygen atoms in total. The van der Waals surface area contributed by atoms with Gasteiger partial charge in [-0.3, -0.25) is 9.59 Å². The Hall–Kier alpha value is -1.84. The molecule has 0 N–H and O–H groups in total. The maximum Gasteiger partial charge on any atom is 0.312 e. The Morgan fingerprint density at radius 3 is 2.63 bits per heavy atom. The van der Waals surface area contributed by atoms with E-state index in [2.05, 4.69) is 0 Å². The first-order chi connectivity index (χ1) is 12.7. The lowest BCUT2D eigenvalue weighted by molar-refractivity contribution is -0.173. The molecule has 0 heterocycles. The van der Waals surface area contributed by atoms with Crippen LogP contribution >= 0.6 is 0 Å². The molecular weight excluding hydrogens is 340 g/mol. The maximum absolute atomic E-state index is 13.2. The Morgan fingerprint density at radius 2 is 1.93 bits per heavy atom. The summed E-state index contributed by atoms with van der Waals surface area (Å²) >= 11 is 0. The third-order valence-corrected chi connectivity index (χ3v) is 6.87. The molecule has 0 spiro atoms. The van der Waals surface area contributed by atoms with Crippen LogP contribution in [-0.2, 0) is 19.1 Å². The van der Waals surface area contributed by atoms with Crippen LogP contribution in [0.3, 0.4) is 0 Å². The fourth-order valence-electron chi connectivity index (χ4n) is 5.84. The first kappa shape index (κ1) is 18.5. The third kappa shape index (κ3) is 2.97. The first-order valence-electron chi connectivity index (χ1n) is 10.2. The molecule has 2 saturated carbocycles. The van der Waals surface area contributed by atoms with Gasteiger partial charge in [-0.2, -0.15) is 0 Å². The minimum Gasteiger partial charge on any atom is -0.497 e. The molecule has 0 radical (unpaired) electrons. The summed E-state index contributed by atoms with van der Waals surface area (Å²) in [5, 5.41) is 0. The quantitative estimate of drug-likeness (QED) is 0.664. The lowest BCUT2D eigenvalue weighted by Crippen LogP contribution is -2.46. The van der Waals surface area contributed by atoms with Crippen molar-refractivity contribution in [1.82, 2.24) is 0 Å². The summed E-state index contributed by atoms with van der Waals surface area (Å²) in [6.07, 6.45) is 10.2. The number of hydrogen-bond acceptors (Lipinski definition) is 4. The van der Waals surface area contributed by atoms with Gasteiger partial charge in [0.2, 0.25) is 0 Å². The SMILES string of the molecule is COC1=CC(=O)C2=C3CC[C@@]4(C(=O)OC(C)(C)C)CCC[C@H]4[C@H]3CCC2=C1. The highest BCUT2D eigenvalue weighted by Crippen LogP contribution is 2.60. The third-order valence-electron chi connectivity index (χ3n) is 6.87. The fourth-order valence-corrected chi connectivity index (χ4v) is 5.84. The normalized spacial score (nSPS) is 32.8. The zero-order chi connectivity index (χ0) is 19.4. The number of methoxy groups -OCH3 is 1. The second-order valence-corrected chi connectivity index (χ2v) is 9.49. The van der Waals surface area contributed by atoms with Crippen LogP contribution in [-0.4, -0.2) is 24.5 Å². The lowest BCUT2D eigenvalue weighted by Gasteiger charge is -2.47. The Labute approximate surface area is 161 Å². The zero-order valence-corrected chi connectivity index (χ0v) is 16.9. The summed E-state index contributed by atoms with van der Waals surface area (Å²) in [6.45, 7) is 5.83. The topological polar surface area (TPSA) is 52.6 Å². The molecule has 0 bridgehead atoms. The zero-order valence-electron chi connectivity index (χ0n) is 16.9. The van der Waals surface area contributed by atoms with Gasteiger partial charge in [-0.25, -0.2) is 0 Å². The monoisotopic (exact) mass is 370 g/mol. The highest BCUT2D eigenvalue weighted by Gasteiger charge is 2.57. The molecule has 3 atom stereocenters. The summed E-state index contributed by atoms with van der Waals surface area (Å²) in [5.74, 6) is 1.36. The number of carbonyl (C=O) groups is 2. The molecule has 4 heteroatoms. The first-order valence-corrected chi connectivity index (χ1v) is 10.2. The maximum atomic E-state index is 13.2. The molecule has 0 amide bonds. The molecule has 0 aromatic rings. The van der Waals surface area contributed by atoms with Crippen LogP contribution in [0.2, 0.25) is 0 Å². The minimum atomic E-state index is -0.457. The number of allylic oxidation sites excluding steroid dienone is 5. The summed E-state index contributed by atoms with van der Waals surface area (Å²) in [5.41, 5.74) is 2.51. The molecule has 4 rings (SSSR count). The smallest absolute Gasteiger partial charge is 0.312 e. The number of fused-ring (bicyclic) bond motifs is 4. The summed E-state index contributed by atoms with van der Waals surface area (Å²) in [6, 6.07) is 0. The van der Waals surface area contributed by atoms with Crippen molar-refractivity contribution in [2.75, 3.05) is 7.11 Å². The number of ether oxygens (including phenoxy) is 2. The summed E-state index contributed by atoms with van der Waals surface area (Å²) < 4.78 is 11.1. The van der Waals surface area contributed by atoms with E-state index in [1.54, 1.807) is 13.2 Å². The van der Waals surface area contributed by atoms with E-state index < -0.39 is 5.60 Å². The van der Waals surface area contributed by atoms with E-state index in [1.807, 2.05) is 26.8 Å². The van der Waals surface area contributed by atoms with Gasteiger partial charge < -0.3 is 9.47 Å². The van der Waals surface area contributed by atoms with E-state index in [-0.39, 0.29) is 17.2 Å². The van der Waals surface area contributed by atoms with E-state index in [4.69, 9.17) is 9.47 Å². The second kappa shape index (κ2) is 6.35. The van der Waals surface area contributed by atoms with Gasteiger partial charge in [0.15, 0.2) is 5.78 Å². The fraction of sp³-hybridized carbons (Fsp3) is 0.652. The van der Waals surface area contributed by atoms with Gasteiger partial charge in [0.1, 0.15) is 11.4 Å². The second-order valence-electron chi connectivity index (χ2n) is 9.49. The number of carbonyl (C=O) groups excluding carboxylic acids is 2. The largest absolute Gasteiger partial charge is 0.497 e. The Bertz CT molecular complexity index is 777. The number of rotatable bonds is 2. The van der Waals surface area contributed by atoms with Crippen LogP contribution in [0, 0.1) is 17.3 Å². The van der Waals surface area contributed by atoms with E-state index >= 15 is 0 Å². The molecule has 0 aromatic heterocycles. The highest BCUT2D eigenvalue weighted by molar-refractivity contribution is 6.10. The minimum absolute atomic E-state index is 0.0144. The Morgan fingerprint density at radius 1 is 1.15 bits per heavy atom. The molecule has 27 heavy (non-hydrogen) atoms. The molecule has 0 unspecified atom stereocenters. The molecule has 2 fully saturated rings. The van der Waals surface area contributed by atoms with Crippen molar-refractivity contribution in [2.24, 2.45) is 17.3 Å². The predicted molar refractivity (Wildman–Crippen MR) is 103 cm³/mol. The van der Waals surface area contributed by atoms with E-state index in [0.29, 0.717) is 17.6 Å². The van der Waals surface area contributed by atoms with Crippen LogP contribution in [0.25, 0.3) is 0 Å². The van der Waals surface area contributed by atoms with Gasteiger partial charge in [-0.1, -0.05) is 12.0 Å². The molecule has 0 aromatic carbocycles. The van der Waals surface area contributed by atoms with E-state index in [1.165, 1.54) is 5.57 Å². The van der Waals surface area contributed by atoms with Crippen molar-refractivity contribution >= 4 is 11.8 Å². The van der Waals surface area contributed by atoms with Crippen molar-refractivity contribution in [3.63, 3.8) is 0 Å². The average molecular weight is 370 g/mol. The average Bonchev–Trinajstić information content (AvgIpc) is 3.05. The molecular formula is C23H30O4. The molecule has 4 aliphatic rings. The van der Waals surface area contributed by atoms with Crippen molar-refractivity contribution < 1.29 is 19.1 Å². The molecule has 0 saturated heterocycles. The van der Waals surface area contributed by atoms with Crippen molar-refractivity contribution in [3.05, 3.63) is 34.6 Å². The van der Waals surface area contributed by atoms with Crippen LogP contribution in [0.15, 0.2) is 34.6 Å². The van der Waals surface area contributed by atoms with Crippen LogP contribution < -0.4 is 0 Å². The molecule has 146 valence electrons. The highest BCUT2D eigenvalue weighted by atomic mass is 16.6. The Kier molecular flexibility index (Phi) is 4.36. The number of hydrogen-bond donors (Lipinski definition) is 0. The van der Waals surface area contributed by atoms with Gasteiger partial charge in [0, 0.05) is 11.6 Å². The number of ketones is 1. The van der Waals surface area contributed by atoms with Crippen LogP contribution in [0.5, 0.6) is 0 Å². The lowest BCUT2D eigenvalue weighted by atomic mass is 9.57. The summed E-state index contributed by atoms with van der Waals surface area (Å²) in [4.78, 5) is 26.0. The van der Waals surface area contributed by atoms with Gasteiger partial charge >= 0.3 is 5.97 Å². The van der Waals surface area contributed by atoms with E-state index in [9.17, 15) is 9.59 Å². The molecule has 0 aliphatic heterocycles. The standard InChI is InChI=1S/C23H30O4/c1-22(2,3)27-21(25)23-10-5-6-18(23)16-8-7-14-12-15(26-4)13-19(24)20(14)17(16)9-11-23/h12-13,16,18H,5-11H2,1-4H3/t16-,18-,23-/m0/s1. The van der Waals surface area contributed by atoms with Crippen LogP contribution in [0.4, 0.5) is 0 Å². The van der Waals surface area contributed by atoms with Crippen molar-refractivity contribution in [2.45, 2.75) is 71.3 Å². The Balaban J connectivity index is 1.69. The number of esters is 1. The molecule has 4 aliphatic carbocycles.